The predicted molar refractivity (Wildman–Crippen MR) is 261 cm³/mol. The number of rotatable bonds is 31. The molecule has 0 aromatic rings. The van der Waals surface area contributed by atoms with Gasteiger partial charge in [0.15, 0.2) is 0 Å². The molecule has 0 radical (unpaired) electrons. The van der Waals surface area contributed by atoms with Crippen molar-refractivity contribution in [2.24, 2.45) is 29.0 Å². The second-order valence-corrected chi connectivity index (χ2v) is 19.9. The Bertz CT molecular complexity index is 1960. The van der Waals surface area contributed by atoms with Crippen molar-refractivity contribution in [1.82, 2.24) is 47.0 Å². The molecule has 15 N–H and O–H groups in total. The van der Waals surface area contributed by atoms with E-state index in [9.17, 15) is 67.7 Å². The van der Waals surface area contributed by atoms with Gasteiger partial charge in [0.25, 0.3) is 0 Å². The minimum atomic E-state index is -1.65. The van der Waals surface area contributed by atoms with E-state index in [0.717, 1.165) is 0 Å². The van der Waals surface area contributed by atoms with E-state index in [1.54, 1.807) is 20.1 Å². The summed E-state index contributed by atoms with van der Waals surface area (Å²) in [7, 11) is 0. The molecule has 406 valence electrons. The van der Waals surface area contributed by atoms with Gasteiger partial charge in [0.1, 0.15) is 48.3 Å². The molecule has 26 nitrogen and oxygen atoms in total. The van der Waals surface area contributed by atoms with Crippen molar-refractivity contribution in [2.45, 2.75) is 160 Å². The summed E-state index contributed by atoms with van der Waals surface area (Å²) in [5.41, 5.74) is 16.2. The van der Waals surface area contributed by atoms with Crippen LogP contribution in [0.5, 0.6) is 0 Å². The molecule has 11 amide bonds. The molecule has 27 heteroatoms. The summed E-state index contributed by atoms with van der Waals surface area (Å²) in [6.07, 6.45) is 2.64. The van der Waals surface area contributed by atoms with Crippen LogP contribution in [0.2, 0.25) is 0 Å². The molecular weight excluding hydrogens is 965 g/mol. The first-order valence-corrected chi connectivity index (χ1v) is 25.6. The Kier molecular flexibility index (Phi) is 26.5. The van der Waals surface area contributed by atoms with Crippen molar-refractivity contribution in [2.75, 3.05) is 38.2 Å². The van der Waals surface area contributed by atoms with Crippen LogP contribution in [0.4, 0.5) is 0 Å². The van der Waals surface area contributed by atoms with Crippen molar-refractivity contribution in [3.8, 4) is 0 Å². The second kappa shape index (κ2) is 30.7. The predicted octanol–water partition coefficient (Wildman–Crippen LogP) is -4.21. The maximum Gasteiger partial charge on any atom is 0.325 e. The molecule has 72 heavy (non-hydrogen) atoms. The summed E-state index contributed by atoms with van der Waals surface area (Å²) in [4.78, 5) is 158. The number of aliphatic hydroxyl groups excluding tert-OH is 1. The van der Waals surface area contributed by atoms with Crippen molar-refractivity contribution < 1.29 is 67.7 Å². The maximum absolute atomic E-state index is 14.0. The minimum absolute atomic E-state index is 0.000280. The molecule has 0 saturated carbocycles. The van der Waals surface area contributed by atoms with E-state index in [-0.39, 0.29) is 76.3 Å². The van der Waals surface area contributed by atoms with E-state index < -0.39 is 138 Å². The minimum Gasteiger partial charge on any atom is -0.480 e. The molecule has 0 bridgehead atoms. The zero-order valence-corrected chi connectivity index (χ0v) is 42.8. The van der Waals surface area contributed by atoms with E-state index in [0.29, 0.717) is 25.0 Å². The van der Waals surface area contributed by atoms with Crippen LogP contribution in [0, 0.1) is 11.8 Å². The smallest absolute Gasteiger partial charge is 0.325 e. The Morgan fingerprint density at radius 3 is 1.58 bits per heavy atom. The molecule has 0 spiro atoms. The highest BCUT2D eigenvalue weighted by Crippen LogP contribution is 2.25. The molecular formula is C45H76N12O14S. The Hall–Kier alpha value is -6.09. The molecule has 2 rings (SSSR count). The second-order valence-electron chi connectivity index (χ2n) is 18.9. The van der Waals surface area contributed by atoms with Gasteiger partial charge in [-0.2, -0.15) is 11.8 Å². The lowest BCUT2D eigenvalue weighted by molar-refractivity contribution is -0.147. The van der Waals surface area contributed by atoms with Crippen molar-refractivity contribution in [1.29, 1.82) is 0 Å². The Morgan fingerprint density at radius 1 is 0.597 bits per heavy atom. The number of primary amides is 2. The highest BCUT2D eigenvalue weighted by molar-refractivity contribution is 7.98. The number of likely N-dealkylation sites (tertiary alicyclic amines) is 2. The van der Waals surface area contributed by atoms with Gasteiger partial charge in [-0.05, 0) is 88.6 Å². The zero-order valence-electron chi connectivity index (χ0n) is 42.0. The van der Waals surface area contributed by atoms with E-state index in [1.165, 1.54) is 28.5 Å². The van der Waals surface area contributed by atoms with Crippen molar-refractivity contribution in [3.05, 3.63) is 0 Å². The average molecular weight is 1040 g/mol. The first-order valence-electron chi connectivity index (χ1n) is 24.2. The number of nitrogens with one attached hydrogen (secondary N) is 7. The number of aliphatic carboxylic acids is 1. The quantitative estimate of drug-likeness (QED) is 0.0313. The maximum atomic E-state index is 14.0. The topological polar surface area (TPSA) is 414 Å². The first kappa shape index (κ1) is 62.0. The number of nitrogens with zero attached hydrogens (tertiary/aromatic N) is 2. The van der Waals surface area contributed by atoms with E-state index in [2.05, 4.69) is 37.2 Å². The Morgan fingerprint density at radius 2 is 1.06 bits per heavy atom. The molecule has 2 aliphatic heterocycles. The van der Waals surface area contributed by atoms with Gasteiger partial charge in [0.2, 0.25) is 65.0 Å². The number of hydrogen-bond donors (Lipinski definition) is 12. The molecule has 2 saturated heterocycles. The number of nitrogens with two attached hydrogens (primary N) is 3. The number of carbonyl (C=O) groups is 12. The third kappa shape index (κ3) is 20.6. The number of carboxylic acid groups (broad SMARTS) is 1. The lowest BCUT2D eigenvalue weighted by atomic mass is 10.0. The molecule has 2 heterocycles. The van der Waals surface area contributed by atoms with Crippen molar-refractivity contribution >= 4 is 82.7 Å². The third-order valence-corrected chi connectivity index (χ3v) is 12.6. The molecule has 0 aromatic carbocycles. The van der Waals surface area contributed by atoms with E-state index in [4.69, 9.17) is 17.2 Å². The van der Waals surface area contributed by atoms with Crippen LogP contribution in [0.3, 0.4) is 0 Å². The zero-order chi connectivity index (χ0) is 54.4. The highest BCUT2D eigenvalue weighted by atomic mass is 32.2. The number of thioether (sulfide) groups is 1. The summed E-state index contributed by atoms with van der Waals surface area (Å²) in [5.74, 6) is -9.59. The van der Waals surface area contributed by atoms with Crippen LogP contribution in [0.15, 0.2) is 0 Å². The molecule has 2 aliphatic rings. The Balaban J connectivity index is 2.21. The molecule has 0 aliphatic carbocycles. The van der Waals surface area contributed by atoms with Gasteiger partial charge in [-0.15, -0.1) is 0 Å². The number of aliphatic hydroxyl groups is 1. The van der Waals surface area contributed by atoms with E-state index >= 15 is 0 Å². The molecule has 2 fully saturated rings. The number of carboxylic acids is 1. The van der Waals surface area contributed by atoms with Crippen LogP contribution < -0.4 is 54.4 Å². The van der Waals surface area contributed by atoms with Gasteiger partial charge in [-0.25, -0.2) is 0 Å². The average Bonchev–Trinajstić information content (AvgIpc) is 4.02. The summed E-state index contributed by atoms with van der Waals surface area (Å²) < 4.78 is 0. The lowest BCUT2D eigenvalue weighted by Crippen LogP contribution is -2.61. The standard InChI is InChI=1S/C45H76N12O14S/c1-23(2)19-29(40(65)51-27(12-14-35(48)60)38(63)50-25(5)45(70)71)53-42(67)31(22-58)55-39(64)28(15-18-72-6)52-41(66)30(20-24(3)4)54-43(68)32-9-7-17-57(32)44(69)33-10-8-16-56(33)36(61)21-49-37(62)26(46)11-13-34(47)59/h23-33,58H,7-22,46H2,1-6H3,(H2,47,59)(H2,48,60)(H,49,62)(H,50,63)(H,51,65)(H,52,66)(H,53,67)(H,54,68)(H,55,64)(H,70,71)/t25-,26-,27-,28-,29-,30-,31-,32-,33-/m0/s1. The molecule has 0 unspecified atom stereocenters. The number of carbonyl (C=O) groups excluding carboxylic acids is 11. The molecule has 9 atom stereocenters. The van der Waals surface area contributed by atoms with Crippen LogP contribution in [-0.2, 0) is 57.5 Å². The van der Waals surface area contributed by atoms with Gasteiger partial charge in [0, 0.05) is 25.9 Å². The van der Waals surface area contributed by atoms with Gasteiger partial charge < -0.3 is 74.4 Å². The van der Waals surface area contributed by atoms with Gasteiger partial charge in [0.05, 0.1) is 19.2 Å². The summed E-state index contributed by atoms with van der Waals surface area (Å²) in [6.45, 7) is 7.31. The normalized spacial score (nSPS) is 18.4. The van der Waals surface area contributed by atoms with E-state index in [1.807, 2.05) is 13.8 Å². The van der Waals surface area contributed by atoms with Crippen molar-refractivity contribution in [3.63, 3.8) is 0 Å². The van der Waals surface area contributed by atoms with Gasteiger partial charge in [-0.3, -0.25) is 57.5 Å². The number of hydrogen-bond acceptors (Lipinski definition) is 15. The van der Waals surface area contributed by atoms with Crippen LogP contribution in [-0.4, -0.2) is 184 Å². The van der Waals surface area contributed by atoms with Crippen LogP contribution in [0.1, 0.15) is 105 Å². The third-order valence-electron chi connectivity index (χ3n) is 11.9. The summed E-state index contributed by atoms with van der Waals surface area (Å²) in [5, 5.41) is 37.0. The highest BCUT2D eigenvalue weighted by Gasteiger charge is 2.43. The van der Waals surface area contributed by atoms with Crippen LogP contribution >= 0.6 is 11.8 Å². The lowest BCUT2D eigenvalue weighted by Gasteiger charge is -2.32. The summed E-state index contributed by atoms with van der Waals surface area (Å²) >= 11 is 1.35. The van der Waals surface area contributed by atoms with Gasteiger partial charge >= 0.3 is 5.97 Å². The molecule has 0 aromatic heterocycles. The summed E-state index contributed by atoms with van der Waals surface area (Å²) in [6, 6.07) is -11.3. The number of amides is 11. The SMILES string of the molecule is CSCC[C@H](NC(=O)[C@H](CC(C)C)NC(=O)[C@@H]1CCCN1C(=O)[C@@H]1CCCN1C(=O)CNC(=O)[C@@H](N)CCC(N)=O)C(=O)N[C@@H](CO)C(=O)N[C@@H](CC(C)C)C(=O)N[C@@H](CCC(N)=O)C(=O)N[C@@H](C)C(=O)O. The fourth-order valence-electron chi connectivity index (χ4n) is 8.03. The first-order chi connectivity index (χ1) is 33.8. The Labute approximate surface area is 423 Å². The van der Waals surface area contributed by atoms with Crippen LogP contribution in [0.25, 0.3) is 0 Å². The van der Waals surface area contributed by atoms with Gasteiger partial charge in [-0.1, -0.05) is 27.7 Å². The fourth-order valence-corrected chi connectivity index (χ4v) is 8.50. The monoisotopic (exact) mass is 1040 g/mol. The largest absolute Gasteiger partial charge is 0.480 e. The fraction of sp³-hybridized carbons (Fsp3) is 0.733.